The number of aromatic nitrogens is 4. The average Bonchev–Trinajstić information content (AvgIpc) is 2.26. The Morgan fingerprint density at radius 1 is 0.867 bits per heavy atom. The van der Waals surface area contributed by atoms with E-state index in [9.17, 15) is 13.2 Å². The molecule has 2 rings (SSSR count). The first-order valence-electron chi connectivity index (χ1n) is 3.82. The van der Waals surface area contributed by atoms with E-state index in [1.165, 1.54) is 18.7 Å². The molecule has 0 saturated heterocycles. The van der Waals surface area contributed by atoms with Crippen LogP contribution in [0.25, 0.3) is 11.4 Å². The Hall–Kier alpha value is -2.05. The molecular weight excluding hydrogens is 209 g/mol. The lowest BCUT2D eigenvalue weighted by molar-refractivity contribution is 0.408. The van der Waals surface area contributed by atoms with E-state index in [0.29, 0.717) is 0 Å². The summed E-state index contributed by atoms with van der Waals surface area (Å²) in [6, 6.07) is 0. The van der Waals surface area contributed by atoms with Crippen LogP contribution in [0.4, 0.5) is 13.2 Å². The predicted molar refractivity (Wildman–Crippen MR) is 42.9 cm³/mol. The molecule has 0 saturated carbocycles. The normalized spacial score (nSPS) is 10.3. The van der Waals surface area contributed by atoms with Gasteiger partial charge in [-0.3, -0.25) is 0 Å². The maximum absolute atomic E-state index is 12.7. The maximum atomic E-state index is 12.7. The summed E-state index contributed by atoms with van der Waals surface area (Å²) in [5.74, 6) is -5.08. The van der Waals surface area contributed by atoms with Crippen molar-refractivity contribution in [3.05, 3.63) is 36.4 Å². The number of hydrogen-bond acceptors (Lipinski definition) is 4. The fourth-order valence-corrected chi connectivity index (χ4v) is 0.938. The molecule has 0 atom stereocenters. The van der Waals surface area contributed by atoms with Crippen LogP contribution in [0.2, 0.25) is 0 Å². The largest absolute Gasteiger partial charge is 0.255 e. The fraction of sp³-hybridized carbons (Fsp3) is 0. The van der Waals surface area contributed by atoms with Crippen LogP contribution in [0.15, 0.2) is 18.7 Å². The van der Waals surface area contributed by atoms with Crippen LogP contribution in [0, 0.1) is 17.7 Å². The van der Waals surface area contributed by atoms with Gasteiger partial charge in [-0.2, -0.15) is 23.1 Å². The van der Waals surface area contributed by atoms with Gasteiger partial charge in [-0.05, 0) is 0 Å². The predicted octanol–water partition coefficient (Wildman–Crippen LogP) is 1.35. The van der Waals surface area contributed by atoms with Crippen LogP contribution in [0.3, 0.4) is 0 Å². The van der Waals surface area contributed by atoms with Gasteiger partial charge in [-0.25, -0.2) is 9.97 Å². The Labute approximate surface area is 81.9 Å². The van der Waals surface area contributed by atoms with Gasteiger partial charge in [0.05, 0.1) is 5.56 Å². The molecule has 15 heavy (non-hydrogen) atoms. The molecule has 2 heterocycles. The zero-order chi connectivity index (χ0) is 10.8. The zero-order valence-corrected chi connectivity index (χ0v) is 7.15. The summed E-state index contributed by atoms with van der Waals surface area (Å²) in [5.41, 5.74) is 0.204. The summed E-state index contributed by atoms with van der Waals surface area (Å²) in [6.07, 6.45) is 3.76. The molecule has 0 aromatic carbocycles. The third-order valence-corrected chi connectivity index (χ3v) is 1.59. The van der Waals surface area contributed by atoms with Crippen molar-refractivity contribution in [3.8, 4) is 11.4 Å². The molecule has 0 bridgehead atoms. The molecular formula is C8H3F3N4. The molecule has 2 aromatic rings. The highest BCUT2D eigenvalue weighted by Crippen LogP contribution is 2.14. The first-order valence-corrected chi connectivity index (χ1v) is 3.82. The standard InChI is InChI=1S/C8H3F3N4/c9-5-6(10)14-8(15-7(5)11)4-1-12-3-13-2-4/h1-3H. The third kappa shape index (κ3) is 1.76. The van der Waals surface area contributed by atoms with Crippen molar-refractivity contribution < 1.29 is 13.2 Å². The van der Waals surface area contributed by atoms with Gasteiger partial charge < -0.3 is 0 Å². The lowest BCUT2D eigenvalue weighted by Crippen LogP contribution is -2.02. The van der Waals surface area contributed by atoms with Gasteiger partial charge in [0, 0.05) is 12.4 Å². The SMILES string of the molecule is Fc1nc(-c2cncnc2)nc(F)c1F. The summed E-state index contributed by atoms with van der Waals surface area (Å²) >= 11 is 0. The highest BCUT2D eigenvalue weighted by Gasteiger charge is 2.14. The lowest BCUT2D eigenvalue weighted by Gasteiger charge is -1.99. The topological polar surface area (TPSA) is 51.6 Å². The second kappa shape index (κ2) is 3.60. The number of rotatable bonds is 1. The monoisotopic (exact) mass is 212 g/mol. The summed E-state index contributed by atoms with van der Waals surface area (Å²) in [5, 5.41) is 0. The Bertz CT molecular complexity index is 465. The zero-order valence-electron chi connectivity index (χ0n) is 7.15. The summed E-state index contributed by atoms with van der Waals surface area (Å²) < 4.78 is 38.0. The molecule has 4 nitrogen and oxygen atoms in total. The van der Waals surface area contributed by atoms with Crippen molar-refractivity contribution in [1.29, 1.82) is 0 Å². The van der Waals surface area contributed by atoms with E-state index in [0.717, 1.165) is 0 Å². The quantitative estimate of drug-likeness (QED) is 0.669. The van der Waals surface area contributed by atoms with E-state index in [1.807, 2.05) is 0 Å². The van der Waals surface area contributed by atoms with E-state index >= 15 is 0 Å². The van der Waals surface area contributed by atoms with Crippen LogP contribution >= 0.6 is 0 Å². The summed E-state index contributed by atoms with van der Waals surface area (Å²) in [7, 11) is 0. The van der Waals surface area contributed by atoms with E-state index in [4.69, 9.17) is 0 Å². The number of hydrogen-bond donors (Lipinski definition) is 0. The minimum absolute atomic E-state index is 0.204. The Balaban J connectivity index is 2.56. The highest BCUT2D eigenvalue weighted by atomic mass is 19.2. The highest BCUT2D eigenvalue weighted by molar-refractivity contribution is 5.50. The van der Waals surface area contributed by atoms with E-state index in [-0.39, 0.29) is 11.4 Å². The number of nitrogens with zero attached hydrogens (tertiary/aromatic N) is 4. The van der Waals surface area contributed by atoms with Gasteiger partial charge in [-0.1, -0.05) is 0 Å². The van der Waals surface area contributed by atoms with E-state index in [2.05, 4.69) is 19.9 Å². The average molecular weight is 212 g/mol. The third-order valence-electron chi connectivity index (χ3n) is 1.59. The van der Waals surface area contributed by atoms with Gasteiger partial charge in [0.25, 0.3) is 11.9 Å². The molecule has 0 aliphatic heterocycles. The van der Waals surface area contributed by atoms with Crippen molar-refractivity contribution in [2.24, 2.45) is 0 Å². The number of halogens is 3. The molecule has 0 radical (unpaired) electrons. The second-order valence-corrected chi connectivity index (χ2v) is 2.57. The van der Waals surface area contributed by atoms with Crippen LogP contribution in [0.5, 0.6) is 0 Å². The molecule has 0 amide bonds. The summed E-state index contributed by atoms with van der Waals surface area (Å²) in [4.78, 5) is 13.5. The van der Waals surface area contributed by atoms with Crippen molar-refractivity contribution in [3.63, 3.8) is 0 Å². The fourth-order valence-electron chi connectivity index (χ4n) is 0.938. The molecule has 76 valence electrons. The van der Waals surface area contributed by atoms with Crippen molar-refractivity contribution >= 4 is 0 Å². The molecule has 0 aliphatic rings. The van der Waals surface area contributed by atoms with Gasteiger partial charge in [0.1, 0.15) is 6.33 Å². The Morgan fingerprint density at radius 2 is 1.40 bits per heavy atom. The van der Waals surface area contributed by atoms with Gasteiger partial charge in [-0.15, -0.1) is 0 Å². The van der Waals surface area contributed by atoms with Crippen LogP contribution in [-0.2, 0) is 0 Å². The Kier molecular flexibility index (Phi) is 2.28. The molecule has 2 aromatic heterocycles. The second-order valence-electron chi connectivity index (χ2n) is 2.57. The van der Waals surface area contributed by atoms with Crippen molar-refractivity contribution in [2.45, 2.75) is 0 Å². The molecule has 0 fully saturated rings. The molecule has 0 spiro atoms. The molecule has 7 heteroatoms. The molecule has 0 unspecified atom stereocenters. The van der Waals surface area contributed by atoms with Crippen molar-refractivity contribution in [2.75, 3.05) is 0 Å². The van der Waals surface area contributed by atoms with Crippen LogP contribution in [0.1, 0.15) is 0 Å². The van der Waals surface area contributed by atoms with Crippen molar-refractivity contribution in [1.82, 2.24) is 19.9 Å². The molecule has 0 aliphatic carbocycles. The first-order chi connectivity index (χ1) is 7.18. The minimum Gasteiger partial charge on any atom is -0.244 e. The maximum Gasteiger partial charge on any atom is 0.255 e. The van der Waals surface area contributed by atoms with Gasteiger partial charge in [0.15, 0.2) is 5.82 Å². The van der Waals surface area contributed by atoms with Crippen LogP contribution < -0.4 is 0 Å². The summed E-state index contributed by atoms with van der Waals surface area (Å²) in [6.45, 7) is 0. The van der Waals surface area contributed by atoms with Crippen LogP contribution in [-0.4, -0.2) is 19.9 Å². The van der Waals surface area contributed by atoms with Gasteiger partial charge in [0.2, 0.25) is 5.82 Å². The Morgan fingerprint density at radius 3 is 1.93 bits per heavy atom. The minimum atomic E-state index is -1.70. The smallest absolute Gasteiger partial charge is 0.244 e. The van der Waals surface area contributed by atoms with Gasteiger partial charge >= 0.3 is 0 Å². The van der Waals surface area contributed by atoms with E-state index < -0.39 is 17.7 Å². The molecule has 0 N–H and O–H groups in total. The van der Waals surface area contributed by atoms with E-state index in [1.54, 1.807) is 0 Å². The lowest BCUT2D eigenvalue weighted by atomic mass is 10.3. The first kappa shape index (κ1) is 9.50.